The van der Waals surface area contributed by atoms with Crippen LogP contribution in [0.5, 0.6) is 0 Å². The van der Waals surface area contributed by atoms with Crippen LogP contribution >= 0.6 is 0 Å². The summed E-state index contributed by atoms with van der Waals surface area (Å²) in [6, 6.07) is 0. The summed E-state index contributed by atoms with van der Waals surface area (Å²) in [7, 11) is 0. The Bertz CT molecular complexity index is 652. The van der Waals surface area contributed by atoms with E-state index in [0.29, 0.717) is 0 Å². The molecule has 9 heteroatoms. The molecular formula is C16H21F6N3. The Hall–Kier alpha value is -1.32. The van der Waals surface area contributed by atoms with Gasteiger partial charge in [0, 0.05) is 17.5 Å². The van der Waals surface area contributed by atoms with Crippen LogP contribution in [0, 0.1) is 5.41 Å². The summed E-state index contributed by atoms with van der Waals surface area (Å²) in [4.78, 5) is 0. The Balaban J connectivity index is 2.64. The number of rotatable bonds is 3. The largest absolute Gasteiger partial charge is 0.363 e. The van der Waals surface area contributed by atoms with Gasteiger partial charge >= 0.3 is 11.8 Å². The predicted octanol–water partition coefficient (Wildman–Crippen LogP) is 2.73. The maximum atomic E-state index is 15.5. The van der Waals surface area contributed by atoms with E-state index in [1.807, 2.05) is 0 Å². The zero-order valence-corrected chi connectivity index (χ0v) is 13.8. The van der Waals surface area contributed by atoms with Crippen molar-refractivity contribution in [3.8, 4) is 0 Å². The lowest BCUT2D eigenvalue weighted by Gasteiger charge is -2.51. The summed E-state index contributed by atoms with van der Waals surface area (Å²) in [5.74, 6) is -15.1. The Morgan fingerprint density at radius 1 is 1.00 bits per heavy atom. The molecule has 2 rings (SSSR count). The second-order valence-electron chi connectivity index (χ2n) is 7.20. The molecule has 0 aromatic heterocycles. The fourth-order valence-electron chi connectivity index (χ4n) is 3.08. The molecule has 6 N–H and O–H groups in total. The minimum atomic E-state index is -5.47. The molecule has 3 nitrogen and oxygen atoms in total. The summed E-state index contributed by atoms with van der Waals surface area (Å²) in [6.07, 6.45) is 4.25. The molecule has 0 aromatic rings. The van der Waals surface area contributed by atoms with Gasteiger partial charge in [-0.3, -0.25) is 5.73 Å². The van der Waals surface area contributed by atoms with Crippen LogP contribution in [0.25, 0.3) is 0 Å². The van der Waals surface area contributed by atoms with Crippen molar-refractivity contribution in [2.45, 2.75) is 49.1 Å². The smallest absolute Gasteiger partial charge is 0.329 e. The second kappa shape index (κ2) is 5.34. The van der Waals surface area contributed by atoms with Gasteiger partial charge in [0.05, 0.1) is 0 Å². The average Bonchev–Trinajstić information content (AvgIpc) is 2.50. The van der Waals surface area contributed by atoms with Gasteiger partial charge in [-0.2, -0.15) is 17.6 Å². The van der Waals surface area contributed by atoms with Crippen LogP contribution in [-0.4, -0.2) is 35.4 Å². The maximum absolute atomic E-state index is 15.5. The molecule has 0 spiro atoms. The summed E-state index contributed by atoms with van der Waals surface area (Å²) in [5.41, 5.74) is 8.96. The van der Waals surface area contributed by atoms with E-state index in [2.05, 4.69) is 5.73 Å². The van der Waals surface area contributed by atoms with E-state index in [9.17, 15) is 22.0 Å². The van der Waals surface area contributed by atoms with E-state index >= 15 is 4.39 Å². The molecule has 142 valence electrons. The first-order valence-corrected chi connectivity index (χ1v) is 7.59. The number of nitrogens with two attached hydrogens (primary N) is 3. The van der Waals surface area contributed by atoms with Crippen LogP contribution in [0.15, 0.2) is 36.0 Å². The van der Waals surface area contributed by atoms with Gasteiger partial charge in [0.1, 0.15) is 0 Å². The van der Waals surface area contributed by atoms with Crippen LogP contribution < -0.4 is 17.2 Å². The lowest BCUT2D eigenvalue weighted by molar-refractivity contribution is -0.318. The minimum Gasteiger partial charge on any atom is -0.329 e. The van der Waals surface area contributed by atoms with E-state index in [1.54, 1.807) is 6.92 Å². The molecule has 0 fully saturated rings. The molecule has 0 heterocycles. The second-order valence-corrected chi connectivity index (χ2v) is 7.20. The van der Waals surface area contributed by atoms with Crippen molar-refractivity contribution in [2.75, 3.05) is 6.54 Å². The third kappa shape index (κ3) is 2.47. The topological polar surface area (TPSA) is 78.1 Å². The Kier molecular flexibility index (Phi) is 4.27. The highest BCUT2D eigenvalue weighted by molar-refractivity contribution is 5.42. The lowest BCUT2D eigenvalue weighted by Crippen LogP contribution is -2.73. The van der Waals surface area contributed by atoms with Crippen LogP contribution in [0.2, 0.25) is 0 Å². The molecule has 0 amide bonds. The van der Waals surface area contributed by atoms with Crippen LogP contribution in [0.4, 0.5) is 26.3 Å². The monoisotopic (exact) mass is 369 g/mol. The number of halogens is 6. The third-order valence-corrected chi connectivity index (χ3v) is 5.14. The summed E-state index contributed by atoms with van der Waals surface area (Å²) in [5, 5.41) is 0. The first-order chi connectivity index (χ1) is 11.1. The quantitative estimate of drug-likeness (QED) is 0.407. The molecule has 0 aliphatic heterocycles. The molecule has 4 unspecified atom stereocenters. The highest BCUT2D eigenvalue weighted by Crippen LogP contribution is 2.61. The van der Waals surface area contributed by atoms with Gasteiger partial charge in [-0.25, -0.2) is 8.78 Å². The van der Waals surface area contributed by atoms with E-state index in [-0.39, 0.29) is 24.1 Å². The fraction of sp³-hybridized carbons (Fsp3) is 0.625. The van der Waals surface area contributed by atoms with E-state index in [4.69, 9.17) is 11.5 Å². The van der Waals surface area contributed by atoms with Crippen LogP contribution in [0.3, 0.4) is 0 Å². The number of allylic oxidation sites excluding steroid dienone is 2. The van der Waals surface area contributed by atoms with Gasteiger partial charge in [0.25, 0.3) is 0 Å². The Labute approximate surface area is 141 Å². The molecule has 2 aliphatic carbocycles. The zero-order valence-electron chi connectivity index (χ0n) is 13.8. The molecule has 25 heavy (non-hydrogen) atoms. The SMILES string of the molecule is CC1(N)C=CC(C(C)(CN)C2(F)C=CC(N)(F)C(F)(F)C2(F)F)=CC1. The van der Waals surface area contributed by atoms with Crippen molar-refractivity contribution in [2.24, 2.45) is 22.6 Å². The van der Waals surface area contributed by atoms with Crippen molar-refractivity contribution >= 4 is 0 Å². The van der Waals surface area contributed by atoms with Gasteiger partial charge in [-0.05, 0) is 31.1 Å². The van der Waals surface area contributed by atoms with Crippen molar-refractivity contribution in [1.82, 2.24) is 0 Å². The Morgan fingerprint density at radius 2 is 1.56 bits per heavy atom. The molecule has 0 saturated heterocycles. The normalized spacial score (nSPS) is 42.0. The summed E-state index contributed by atoms with van der Waals surface area (Å²) in [6.45, 7) is 1.90. The summed E-state index contributed by atoms with van der Waals surface area (Å²) < 4.78 is 86.2. The first kappa shape index (κ1) is 20.0. The van der Waals surface area contributed by atoms with Crippen molar-refractivity contribution < 1.29 is 26.3 Å². The molecule has 0 radical (unpaired) electrons. The molecule has 0 aromatic carbocycles. The van der Waals surface area contributed by atoms with E-state index in [1.165, 1.54) is 18.2 Å². The number of alkyl halides is 6. The van der Waals surface area contributed by atoms with Gasteiger partial charge in [-0.1, -0.05) is 25.2 Å². The maximum Gasteiger partial charge on any atom is 0.363 e. The van der Waals surface area contributed by atoms with Crippen molar-refractivity contribution in [3.63, 3.8) is 0 Å². The molecule has 0 bridgehead atoms. The van der Waals surface area contributed by atoms with Gasteiger partial charge < -0.3 is 11.5 Å². The van der Waals surface area contributed by atoms with Crippen molar-refractivity contribution in [1.29, 1.82) is 0 Å². The highest BCUT2D eigenvalue weighted by atomic mass is 19.3. The van der Waals surface area contributed by atoms with Gasteiger partial charge in [0.2, 0.25) is 11.5 Å². The van der Waals surface area contributed by atoms with Crippen molar-refractivity contribution in [3.05, 3.63) is 36.0 Å². The summed E-state index contributed by atoms with van der Waals surface area (Å²) >= 11 is 0. The van der Waals surface area contributed by atoms with Gasteiger partial charge in [-0.15, -0.1) is 0 Å². The lowest BCUT2D eigenvalue weighted by atomic mass is 9.61. The predicted molar refractivity (Wildman–Crippen MR) is 82.5 cm³/mol. The van der Waals surface area contributed by atoms with Gasteiger partial charge in [0.15, 0.2) is 0 Å². The number of hydrogen-bond acceptors (Lipinski definition) is 3. The first-order valence-electron chi connectivity index (χ1n) is 7.59. The van der Waals surface area contributed by atoms with Crippen LogP contribution in [-0.2, 0) is 0 Å². The molecule has 4 atom stereocenters. The Morgan fingerprint density at radius 3 is 2.00 bits per heavy atom. The van der Waals surface area contributed by atoms with E-state index < -0.39 is 40.8 Å². The fourth-order valence-corrected chi connectivity index (χ4v) is 3.08. The molecule has 0 saturated carbocycles. The van der Waals surface area contributed by atoms with Crippen LogP contribution in [0.1, 0.15) is 20.3 Å². The zero-order chi connectivity index (χ0) is 19.5. The number of hydrogen-bond donors (Lipinski definition) is 3. The molecule has 2 aliphatic rings. The minimum absolute atomic E-state index is 0.0241. The molecular weight excluding hydrogens is 348 g/mol. The highest BCUT2D eigenvalue weighted by Gasteiger charge is 2.82. The third-order valence-electron chi connectivity index (χ3n) is 5.14. The standard InChI is InChI=1S/C16H21F6N3/c1-11(24)5-3-10(4-6-11)12(2,9-23)13(17)7-8-14(18,25)16(21,22)15(13,19)20/h3-5,7-8H,6,9,23-25H2,1-2H3. The average molecular weight is 369 g/mol. The van der Waals surface area contributed by atoms with E-state index in [0.717, 1.165) is 6.92 Å².